The van der Waals surface area contributed by atoms with Crippen molar-refractivity contribution in [2.45, 2.75) is 13.1 Å². The second-order valence-corrected chi connectivity index (χ2v) is 5.95. The van der Waals surface area contributed by atoms with Crippen LogP contribution in [0.3, 0.4) is 0 Å². The SMILES string of the molecule is CC(=NNC(=O)C(=O)Nc1cccc(C(F)(F)F)c1)c1ccc(OCC(N)=O)cc1. The van der Waals surface area contributed by atoms with Crippen LogP contribution in [0.1, 0.15) is 18.1 Å². The fourth-order valence-corrected chi connectivity index (χ4v) is 2.16. The molecular weight excluding hydrogens is 405 g/mol. The molecule has 0 aliphatic heterocycles. The van der Waals surface area contributed by atoms with E-state index in [2.05, 4.69) is 10.4 Å². The van der Waals surface area contributed by atoms with Gasteiger partial charge in [0.15, 0.2) is 6.61 Å². The number of benzene rings is 2. The first kappa shape index (κ1) is 22.4. The Morgan fingerprint density at radius 3 is 2.33 bits per heavy atom. The zero-order valence-corrected chi connectivity index (χ0v) is 15.6. The number of hydrazone groups is 1. The van der Waals surface area contributed by atoms with Crippen molar-refractivity contribution in [3.63, 3.8) is 0 Å². The summed E-state index contributed by atoms with van der Waals surface area (Å²) in [7, 11) is 0. The average Bonchev–Trinajstić information content (AvgIpc) is 2.70. The molecule has 11 heteroatoms. The first-order chi connectivity index (χ1) is 14.1. The van der Waals surface area contributed by atoms with E-state index in [1.165, 1.54) is 6.07 Å². The fraction of sp³-hybridized carbons (Fsp3) is 0.158. The number of amides is 3. The Morgan fingerprint density at radius 1 is 1.07 bits per heavy atom. The third kappa shape index (κ3) is 6.62. The van der Waals surface area contributed by atoms with Crippen molar-refractivity contribution in [3.05, 3.63) is 59.7 Å². The second kappa shape index (κ2) is 9.54. The predicted octanol–water partition coefficient (Wildman–Crippen LogP) is 2.05. The van der Waals surface area contributed by atoms with Gasteiger partial charge in [-0.25, -0.2) is 5.43 Å². The van der Waals surface area contributed by atoms with Crippen LogP contribution in [0.4, 0.5) is 18.9 Å². The highest BCUT2D eigenvalue weighted by Crippen LogP contribution is 2.30. The summed E-state index contributed by atoms with van der Waals surface area (Å²) in [6, 6.07) is 10.2. The molecule has 0 radical (unpaired) electrons. The Kier molecular flexibility index (Phi) is 7.13. The number of halogens is 3. The van der Waals surface area contributed by atoms with E-state index in [1.807, 2.05) is 5.43 Å². The summed E-state index contributed by atoms with van der Waals surface area (Å²) < 4.78 is 43.2. The van der Waals surface area contributed by atoms with Gasteiger partial charge >= 0.3 is 18.0 Å². The number of carbonyl (C=O) groups excluding carboxylic acids is 3. The molecule has 0 unspecified atom stereocenters. The van der Waals surface area contributed by atoms with Crippen LogP contribution in [0.25, 0.3) is 0 Å². The lowest BCUT2D eigenvalue weighted by Gasteiger charge is -2.09. The van der Waals surface area contributed by atoms with Gasteiger partial charge in [0.1, 0.15) is 5.75 Å². The maximum absolute atomic E-state index is 12.7. The minimum Gasteiger partial charge on any atom is -0.484 e. The summed E-state index contributed by atoms with van der Waals surface area (Å²) in [5.74, 6) is -2.56. The number of nitrogens with zero attached hydrogens (tertiary/aromatic N) is 1. The molecular formula is C19H17F3N4O4. The number of primary amides is 1. The topological polar surface area (TPSA) is 123 Å². The number of hydrogen-bond acceptors (Lipinski definition) is 5. The van der Waals surface area contributed by atoms with Crippen molar-refractivity contribution < 1.29 is 32.3 Å². The third-order valence-corrected chi connectivity index (χ3v) is 3.63. The smallest absolute Gasteiger partial charge is 0.416 e. The number of anilines is 1. The number of nitrogens with two attached hydrogens (primary N) is 1. The summed E-state index contributed by atoms with van der Waals surface area (Å²) >= 11 is 0. The highest BCUT2D eigenvalue weighted by molar-refractivity contribution is 6.39. The lowest BCUT2D eigenvalue weighted by Crippen LogP contribution is -2.33. The number of ether oxygens (including phenoxy) is 1. The maximum atomic E-state index is 12.7. The third-order valence-electron chi connectivity index (χ3n) is 3.63. The summed E-state index contributed by atoms with van der Waals surface area (Å²) in [5, 5.41) is 5.85. The lowest BCUT2D eigenvalue weighted by atomic mass is 10.1. The molecule has 0 fully saturated rings. The molecule has 0 atom stereocenters. The normalized spacial score (nSPS) is 11.5. The van der Waals surface area contributed by atoms with Crippen LogP contribution in [-0.2, 0) is 20.6 Å². The Morgan fingerprint density at radius 2 is 1.73 bits per heavy atom. The van der Waals surface area contributed by atoms with Crippen LogP contribution in [-0.4, -0.2) is 30.0 Å². The zero-order valence-electron chi connectivity index (χ0n) is 15.6. The largest absolute Gasteiger partial charge is 0.484 e. The van der Waals surface area contributed by atoms with E-state index in [0.717, 1.165) is 12.1 Å². The molecule has 8 nitrogen and oxygen atoms in total. The first-order valence-electron chi connectivity index (χ1n) is 8.40. The summed E-state index contributed by atoms with van der Waals surface area (Å²) in [5.41, 5.74) is 6.79. The molecule has 0 saturated heterocycles. The van der Waals surface area contributed by atoms with Crippen LogP contribution in [0.2, 0.25) is 0 Å². The molecule has 2 aromatic rings. The summed E-state index contributed by atoms with van der Waals surface area (Å²) in [6.07, 6.45) is -4.58. The van der Waals surface area contributed by atoms with Gasteiger partial charge in [-0.1, -0.05) is 6.07 Å². The number of nitrogens with one attached hydrogen (secondary N) is 2. The van der Waals surface area contributed by atoms with Crippen molar-refractivity contribution >= 4 is 29.1 Å². The van der Waals surface area contributed by atoms with Gasteiger partial charge < -0.3 is 15.8 Å². The van der Waals surface area contributed by atoms with E-state index in [0.29, 0.717) is 23.1 Å². The van der Waals surface area contributed by atoms with Crippen LogP contribution < -0.4 is 21.2 Å². The van der Waals surface area contributed by atoms with Crippen LogP contribution in [0.15, 0.2) is 53.6 Å². The highest BCUT2D eigenvalue weighted by Gasteiger charge is 2.30. The van der Waals surface area contributed by atoms with Gasteiger partial charge in [-0.2, -0.15) is 18.3 Å². The van der Waals surface area contributed by atoms with Gasteiger partial charge in [-0.05, 0) is 55.0 Å². The standard InChI is InChI=1S/C19H17F3N4O4/c1-11(12-5-7-15(8-6-12)30-10-16(23)27)25-26-18(29)17(28)24-14-4-2-3-13(9-14)19(20,21)22/h2-9H,10H2,1H3,(H2,23,27)(H,24,28)(H,26,29). The Bertz CT molecular complexity index is 972. The van der Waals surface area contributed by atoms with Crippen LogP contribution in [0, 0.1) is 0 Å². The lowest BCUT2D eigenvalue weighted by molar-refractivity contribution is -0.137. The fourth-order valence-electron chi connectivity index (χ4n) is 2.16. The van der Waals surface area contributed by atoms with E-state index >= 15 is 0 Å². The average molecular weight is 422 g/mol. The van der Waals surface area contributed by atoms with E-state index in [9.17, 15) is 27.6 Å². The van der Waals surface area contributed by atoms with Gasteiger partial charge in [-0.15, -0.1) is 0 Å². The van der Waals surface area contributed by atoms with Crippen LogP contribution >= 0.6 is 0 Å². The van der Waals surface area contributed by atoms with Gasteiger partial charge in [0, 0.05) is 5.69 Å². The molecule has 2 aromatic carbocycles. The monoisotopic (exact) mass is 422 g/mol. The van der Waals surface area contributed by atoms with Crippen molar-refractivity contribution in [3.8, 4) is 5.75 Å². The first-order valence-corrected chi connectivity index (χ1v) is 8.40. The molecule has 30 heavy (non-hydrogen) atoms. The van der Waals surface area contributed by atoms with E-state index in [-0.39, 0.29) is 12.3 Å². The van der Waals surface area contributed by atoms with Crippen molar-refractivity contribution in [2.75, 3.05) is 11.9 Å². The number of alkyl halides is 3. The molecule has 0 saturated carbocycles. The molecule has 0 aromatic heterocycles. The minimum atomic E-state index is -4.58. The molecule has 3 amide bonds. The van der Waals surface area contributed by atoms with E-state index < -0.39 is 29.5 Å². The molecule has 4 N–H and O–H groups in total. The van der Waals surface area contributed by atoms with Gasteiger partial charge in [0.25, 0.3) is 5.91 Å². The van der Waals surface area contributed by atoms with Crippen molar-refractivity contribution in [1.29, 1.82) is 0 Å². The van der Waals surface area contributed by atoms with Gasteiger partial charge in [0.2, 0.25) is 0 Å². The Labute approximate surface area is 168 Å². The number of carbonyl (C=O) groups is 3. The summed E-state index contributed by atoms with van der Waals surface area (Å²) in [4.78, 5) is 34.4. The molecule has 0 aliphatic carbocycles. The Hall–Kier alpha value is -3.89. The van der Waals surface area contributed by atoms with Crippen molar-refractivity contribution in [2.24, 2.45) is 10.8 Å². The molecule has 2 rings (SSSR count). The van der Waals surface area contributed by atoms with Crippen molar-refractivity contribution in [1.82, 2.24) is 5.43 Å². The molecule has 0 aliphatic rings. The number of rotatable bonds is 6. The van der Waals surface area contributed by atoms with Crippen LogP contribution in [0.5, 0.6) is 5.75 Å². The zero-order chi connectivity index (χ0) is 22.3. The summed E-state index contributed by atoms with van der Waals surface area (Å²) in [6.45, 7) is 1.29. The highest BCUT2D eigenvalue weighted by atomic mass is 19.4. The van der Waals surface area contributed by atoms with Gasteiger partial charge in [0.05, 0.1) is 11.3 Å². The second-order valence-electron chi connectivity index (χ2n) is 5.95. The molecule has 0 heterocycles. The van der Waals surface area contributed by atoms with Gasteiger partial charge in [-0.3, -0.25) is 14.4 Å². The molecule has 158 valence electrons. The van der Waals surface area contributed by atoms with E-state index in [4.69, 9.17) is 10.5 Å². The maximum Gasteiger partial charge on any atom is 0.416 e. The predicted molar refractivity (Wildman–Crippen MR) is 102 cm³/mol. The van der Waals surface area contributed by atoms with E-state index in [1.54, 1.807) is 31.2 Å². The molecule has 0 spiro atoms. The minimum absolute atomic E-state index is 0.183. The number of hydrogen-bond donors (Lipinski definition) is 3. The Balaban J connectivity index is 1.96. The molecule has 0 bridgehead atoms. The quantitative estimate of drug-likeness (QED) is 0.375.